The van der Waals surface area contributed by atoms with Crippen molar-refractivity contribution in [3.05, 3.63) is 0 Å². The fourth-order valence-corrected chi connectivity index (χ4v) is 6.79. The predicted octanol–water partition coefficient (Wildman–Crippen LogP) is -4.87. The molecule has 8 amide bonds. The Bertz CT molecular complexity index is 1510. The zero-order valence-corrected chi connectivity index (χ0v) is 30.5. The molecule has 8 atom stereocenters. The van der Waals surface area contributed by atoms with Gasteiger partial charge in [-0.15, -0.1) is 0 Å². The summed E-state index contributed by atoms with van der Waals surface area (Å²) in [6, 6.07) is -10.8. The van der Waals surface area contributed by atoms with Crippen LogP contribution in [0.25, 0.3) is 0 Å². The summed E-state index contributed by atoms with van der Waals surface area (Å²) in [5.41, 5.74) is 10.9. The number of hydrogen-bond donors (Lipinski definition) is 10. The van der Waals surface area contributed by atoms with Gasteiger partial charge in [-0.05, 0) is 64.8 Å². The third kappa shape index (κ3) is 12.3. The standard InChI is InChI=1S/C33H51N9O13/c1-16(43)26-31(53)38-19(14-24(45)46)29(51)36-18(9-10-23(35)44)27(49)39-20(15-25(47)48)32(54)42-13-5-8-22(42)33(55)41-12-4-7-21(41)30(52)37-17(28(50)40-26)6-2-3-11-34/h16-22,26,43H,2-15,34H2,1H3,(H2,35,44)(H,36,51)(H,37,52)(H,38,53)(H,39,49)(H,40,50)(H,45,46)(H,47,48)/t16-,17+,18+,19-,20+,21-,22+,26-/m1/s1. The Morgan fingerprint density at radius 1 is 0.673 bits per heavy atom. The third-order valence-electron chi connectivity index (χ3n) is 9.62. The number of hydrogen-bond acceptors (Lipinski definition) is 12. The van der Waals surface area contributed by atoms with Crippen LogP contribution in [0.15, 0.2) is 0 Å². The number of nitrogens with two attached hydrogens (primary N) is 2. The van der Waals surface area contributed by atoms with Gasteiger partial charge in [-0.2, -0.15) is 0 Å². The van der Waals surface area contributed by atoms with E-state index in [1.54, 1.807) is 0 Å². The number of nitrogens with zero attached hydrogens (tertiary/aromatic N) is 2. The molecule has 3 fully saturated rings. The molecular weight excluding hydrogens is 730 g/mol. The smallest absolute Gasteiger partial charge is 0.305 e. The van der Waals surface area contributed by atoms with Crippen LogP contribution in [-0.4, -0.2) is 152 Å². The van der Waals surface area contributed by atoms with E-state index in [1.807, 2.05) is 0 Å². The fourth-order valence-electron chi connectivity index (χ4n) is 6.79. The lowest BCUT2D eigenvalue weighted by atomic mass is 10.0. The van der Waals surface area contributed by atoms with Gasteiger partial charge in [0.05, 0.1) is 18.9 Å². The number of nitrogens with one attached hydrogen (secondary N) is 5. The largest absolute Gasteiger partial charge is 0.481 e. The maximum absolute atomic E-state index is 14.0. The van der Waals surface area contributed by atoms with Crippen LogP contribution in [0.5, 0.6) is 0 Å². The van der Waals surface area contributed by atoms with Crippen molar-refractivity contribution in [2.75, 3.05) is 19.6 Å². The van der Waals surface area contributed by atoms with Crippen LogP contribution in [0.3, 0.4) is 0 Å². The zero-order valence-electron chi connectivity index (χ0n) is 30.5. The maximum Gasteiger partial charge on any atom is 0.305 e. The molecule has 0 unspecified atom stereocenters. The van der Waals surface area contributed by atoms with Crippen LogP contribution in [0.2, 0.25) is 0 Å². The van der Waals surface area contributed by atoms with E-state index in [0.29, 0.717) is 25.7 Å². The van der Waals surface area contributed by atoms with E-state index >= 15 is 0 Å². The number of fused-ring (bicyclic) bond motifs is 2. The van der Waals surface area contributed by atoms with E-state index < -0.39 is 133 Å². The lowest BCUT2D eigenvalue weighted by Crippen LogP contribution is -2.61. The highest BCUT2D eigenvalue weighted by molar-refractivity contribution is 6.00. The van der Waals surface area contributed by atoms with Gasteiger partial charge >= 0.3 is 11.9 Å². The first kappa shape index (κ1) is 44.0. The van der Waals surface area contributed by atoms with Crippen LogP contribution in [-0.2, 0) is 47.9 Å². The molecule has 0 saturated carbocycles. The Morgan fingerprint density at radius 2 is 1.16 bits per heavy atom. The lowest BCUT2D eigenvalue weighted by molar-refractivity contribution is -0.149. The molecule has 22 nitrogen and oxygen atoms in total. The number of unbranched alkanes of at least 4 members (excludes halogenated alkanes) is 1. The van der Waals surface area contributed by atoms with Crippen molar-refractivity contribution in [3.63, 3.8) is 0 Å². The van der Waals surface area contributed by atoms with Gasteiger partial charge in [0.15, 0.2) is 0 Å². The summed E-state index contributed by atoms with van der Waals surface area (Å²) in [7, 11) is 0. The monoisotopic (exact) mass is 781 g/mol. The van der Waals surface area contributed by atoms with Crippen molar-refractivity contribution in [2.24, 2.45) is 11.5 Å². The molecule has 22 heteroatoms. The molecule has 306 valence electrons. The fraction of sp³-hybridized carbons (Fsp3) is 0.697. The number of carbonyl (C=O) groups is 10. The van der Waals surface area contributed by atoms with Gasteiger partial charge in [-0.1, -0.05) is 0 Å². The van der Waals surface area contributed by atoms with Crippen molar-refractivity contribution < 1.29 is 63.3 Å². The molecule has 3 aliphatic heterocycles. The second-order valence-electron chi connectivity index (χ2n) is 13.8. The van der Waals surface area contributed by atoms with E-state index in [2.05, 4.69) is 26.6 Å². The minimum absolute atomic E-state index is 0.00181. The predicted molar refractivity (Wildman–Crippen MR) is 187 cm³/mol. The van der Waals surface area contributed by atoms with Crippen LogP contribution >= 0.6 is 0 Å². The first-order chi connectivity index (χ1) is 25.9. The molecule has 55 heavy (non-hydrogen) atoms. The van der Waals surface area contributed by atoms with Crippen LogP contribution in [0, 0.1) is 0 Å². The Hall–Kier alpha value is -5.38. The summed E-state index contributed by atoms with van der Waals surface area (Å²) < 4.78 is 0. The van der Waals surface area contributed by atoms with Crippen molar-refractivity contribution in [2.45, 2.75) is 126 Å². The normalized spacial score (nSPS) is 28.1. The van der Waals surface area contributed by atoms with Crippen molar-refractivity contribution in [1.29, 1.82) is 0 Å². The summed E-state index contributed by atoms with van der Waals surface area (Å²) in [6.45, 7) is 1.51. The number of primary amides is 1. The first-order valence-electron chi connectivity index (χ1n) is 18.2. The average molecular weight is 782 g/mol. The molecule has 3 rings (SSSR count). The van der Waals surface area contributed by atoms with E-state index in [0.717, 1.165) is 11.8 Å². The van der Waals surface area contributed by atoms with E-state index in [9.17, 15) is 63.3 Å². The second-order valence-corrected chi connectivity index (χ2v) is 13.8. The van der Waals surface area contributed by atoms with Gasteiger partial charge in [0, 0.05) is 19.5 Å². The summed E-state index contributed by atoms with van der Waals surface area (Å²) >= 11 is 0. The Balaban J connectivity index is 2.12. The lowest BCUT2D eigenvalue weighted by Gasteiger charge is -2.33. The molecule has 3 heterocycles. The number of rotatable bonds is 12. The zero-order chi connectivity index (χ0) is 41.0. The molecule has 0 bridgehead atoms. The Labute approximate surface area is 315 Å². The SMILES string of the molecule is C[C@@H](O)[C@H]1NC(=O)[C@H](CCCCN)NC(=O)[C@H]2CCCN2C(=O)[C@@H]2CCCN2C(=O)[C@H](CC(=O)O)NC(=O)[C@H](CCC(N)=O)NC(=O)[C@@H](CC(=O)O)NC1=O. The summed E-state index contributed by atoms with van der Waals surface area (Å²) in [5, 5.41) is 41.3. The minimum atomic E-state index is -1.94. The molecule has 0 aromatic carbocycles. The minimum Gasteiger partial charge on any atom is -0.481 e. The number of carbonyl (C=O) groups excluding carboxylic acids is 8. The molecular formula is C33H51N9O13. The van der Waals surface area contributed by atoms with Gasteiger partial charge in [0.25, 0.3) is 0 Å². The van der Waals surface area contributed by atoms with Gasteiger partial charge in [-0.3, -0.25) is 47.9 Å². The molecule has 3 saturated heterocycles. The van der Waals surface area contributed by atoms with Crippen molar-refractivity contribution >= 4 is 59.2 Å². The summed E-state index contributed by atoms with van der Waals surface area (Å²) in [4.78, 5) is 134. The average Bonchev–Trinajstić information content (AvgIpc) is 3.80. The van der Waals surface area contributed by atoms with E-state index in [1.165, 1.54) is 4.90 Å². The van der Waals surface area contributed by atoms with Gasteiger partial charge < -0.3 is 63.2 Å². The molecule has 0 aromatic heterocycles. The number of aliphatic hydroxyl groups excluding tert-OH is 1. The Morgan fingerprint density at radius 3 is 1.75 bits per heavy atom. The molecule has 0 aromatic rings. The maximum atomic E-state index is 14.0. The highest BCUT2D eigenvalue weighted by atomic mass is 16.4. The van der Waals surface area contributed by atoms with Crippen LogP contribution in [0.1, 0.15) is 77.6 Å². The summed E-state index contributed by atoms with van der Waals surface area (Å²) in [5.74, 6) is -10.9. The molecule has 0 spiro atoms. The second kappa shape index (κ2) is 20.3. The van der Waals surface area contributed by atoms with Crippen LogP contribution < -0.4 is 38.1 Å². The van der Waals surface area contributed by atoms with Gasteiger partial charge in [0.2, 0.25) is 47.3 Å². The highest BCUT2D eigenvalue weighted by Gasteiger charge is 2.45. The van der Waals surface area contributed by atoms with Crippen LogP contribution in [0.4, 0.5) is 0 Å². The molecule has 12 N–H and O–H groups in total. The summed E-state index contributed by atoms with van der Waals surface area (Å²) in [6.07, 6.45) is -2.79. The Kier molecular flexibility index (Phi) is 16.3. The quantitative estimate of drug-likeness (QED) is 0.0831. The molecule has 3 aliphatic rings. The number of carboxylic acid groups (broad SMARTS) is 2. The topological polar surface area (TPSA) is 350 Å². The number of aliphatic carboxylic acids is 2. The van der Waals surface area contributed by atoms with E-state index in [-0.39, 0.29) is 38.9 Å². The number of amides is 8. The molecule has 0 aliphatic carbocycles. The van der Waals surface area contributed by atoms with Gasteiger partial charge in [0.1, 0.15) is 42.3 Å². The van der Waals surface area contributed by atoms with Crippen molar-refractivity contribution in [1.82, 2.24) is 36.4 Å². The van der Waals surface area contributed by atoms with Crippen molar-refractivity contribution in [3.8, 4) is 0 Å². The molecule has 0 radical (unpaired) electrons. The third-order valence-corrected chi connectivity index (χ3v) is 9.62. The number of carboxylic acids is 2. The van der Waals surface area contributed by atoms with E-state index in [4.69, 9.17) is 11.5 Å². The highest BCUT2D eigenvalue weighted by Crippen LogP contribution is 2.26. The number of aliphatic hydroxyl groups is 1. The van der Waals surface area contributed by atoms with Gasteiger partial charge in [-0.25, -0.2) is 0 Å². The first-order valence-corrected chi connectivity index (χ1v) is 18.2.